The second kappa shape index (κ2) is 20.6. The van der Waals surface area contributed by atoms with Gasteiger partial charge in [-0.2, -0.15) is 0 Å². The lowest BCUT2D eigenvalue weighted by Gasteiger charge is -2.51. The first-order chi connectivity index (χ1) is 30.5. The van der Waals surface area contributed by atoms with Crippen LogP contribution in [0.2, 0.25) is 0 Å². The zero-order valence-electron chi connectivity index (χ0n) is 39.3. The van der Waals surface area contributed by atoms with Crippen LogP contribution in [0, 0.1) is 35.0 Å². The van der Waals surface area contributed by atoms with Gasteiger partial charge >= 0.3 is 0 Å². The number of β-amino-alcohol motifs (C(OH)–C–C–N with tert-alkyl or cyclic N) is 2. The highest BCUT2D eigenvalue weighted by Gasteiger charge is 2.52. The van der Waals surface area contributed by atoms with Gasteiger partial charge in [-0.05, 0) is 74.0 Å². The van der Waals surface area contributed by atoms with E-state index >= 15 is 0 Å². The van der Waals surface area contributed by atoms with Crippen molar-refractivity contribution in [2.75, 3.05) is 45.8 Å². The van der Waals surface area contributed by atoms with Crippen molar-refractivity contribution in [3.63, 3.8) is 0 Å². The second-order valence-corrected chi connectivity index (χ2v) is 21.5. The maximum Gasteiger partial charge on any atom is 0.261 e. The van der Waals surface area contributed by atoms with Crippen molar-refractivity contribution < 1.29 is 34.2 Å². The van der Waals surface area contributed by atoms with Crippen LogP contribution in [0.5, 0.6) is 0 Å². The number of hydrogen-bond acceptors (Lipinski definition) is 7. The molecular weight excluding hydrogens is 805 g/mol. The predicted octanol–water partition coefficient (Wildman–Crippen LogP) is 7.92. The van der Waals surface area contributed by atoms with Gasteiger partial charge in [-0.15, -0.1) is 0 Å². The Labute approximate surface area is 382 Å². The average molecular weight is 881 g/mol. The molecule has 4 unspecified atom stereocenters. The summed E-state index contributed by atoms with van der Waals surface area (Å²) in [7, 11) is 0. The van der Waals surface area contributed by atoms with Gasteiger partial charge in [-0.3, -0.25) is 28.9 Å². The number of amides is 5. The van der Waals surface area contributed by atoms with Crippen molar-refractivity contribution in [1.82, 2.24) is 19.6 Å². The van der Waals surface area contributed by atoms with Gasteiger partial charge < -0.3 is 24.9 Å². The Bertz CT molecular complexity index is 1910. The summed E-state index contributed by atoms with van der Waals surface area (Å²) in [5.41, 5.74) is -0.725. The van der Waals surface area contributed by atoms with Gasteiger partial charge in [0.1, 0.15) is 0 Å². The SMILES string of the molecule is CC(CC1CCCCC1)C(=O)N1CCC(O)(CN2C(=O)c3ccccc3C2=O)C(C)(C)C1.CC(CC1CCCCC1)C(=O)N1CCC(O)(CN2CC(Cc3ccccc3)CC2=O)CC1. The molecule has 11 heteroatoms. The van der Waals surface area contributed by atoms with Crippen LogP contribution in [0.4, 0.5) is 0 Å². The van der Waals surface area contributed by atoms with Gasteiger partial charge in [0, 0.05) is 62.9 Å². The van der Waals surface area contributed by atoms with Crippen LogP contribution in [0.3, 0.4) is 0 Å². The number of nitrogens with zero attached hydrogens (tertiary/aromatic N) is 4. The number of likely N-dealkylation sites (tertiary alicyclic amines) is 3. The van der Waals surface area contributed by atoms with Crippen LogP contribution >= 0.6 is 0 Å². The van der Waals surface area contributed by atoms with Gasteiger partial charge in [-0.25, -0.2) is 0 Å². The first-order valence-electron chi connectivity index (χ1n) is 24.8. The molecule has 0 aromatic heterocycles. The molecule has 64 heavy (non-hydrogen) atoms. The number of aliphatic hydroxyl groups is 2. The molecule has 2 aliphatic carbocycles. The monoisotopic (exact) mass is 881 g/mol. The Morgan fingerprint density at radius 1 is 0.656 bits per heavy atom. The molecule has 0 bridgehead atoms. The first-order valence-corrected chi connectivity index (χ1v) is 24.8. The summed E-state index contributed by atoms with van der Waals surface area (Å²) in [5.74, 6) is 1.57. The Balaban J connectivity index is 0.000000191. The van der Waals surface area contributed by atoms with E-state index in [9.17, 15) is 34.2 Å². The van der Waals surface area contributed by atoms with Gasteiger partial charge in [-0.1, -0.05) is 134 Å². The molecule has 4 aliphatic heterocycles. The molecule has 5 fully saturated rings. The molecule has 0 spiro atoms. The van der Waals surface area contributed by atoms with Crippen LogP contribution < -0.4 is 0 Å². The van der Waals surface area contributed by atoms with Crippen molar-refractivity contribution in [2.24, 2.45) is 35.0 Å². The van der Waals surface area contributed by atoms with Crippen molar-refractivity contribution in [3.8, 4) is 0 Å². The number of fused-ring (bicyclic) bond motifs is 1. The summed E-state index contributed by atoms with van der Waals surface area (Å²) in [5, 5.41) is 22.8. The number of piperidine rings is 2. The van der Waals surface area contributed by atoms with Gasteiger partial charge in [0.25, 0.3) is 11.8 Å². The average Bonchev–Trinajstić information content (AvgIpc) is 3.74. The standard InChI is InChI=1S/C27H40N2O3.C26H36N2O4/c1-21(16-22-8-4-2-5-9-22)26(31)28-14-12-27(32,13-15-28)20-29-19-24(18-25(29)30)17-23-10-6-3-7-11-23;1-18(15-19-9-5-4-6-10-19)22(29)27-14-13-26(32,25(2,3)16-27)17-28-23(30)20-11-7-8-12-21(20)24(28)31/h3,6-7,10-11,21-22,24,32H,2,4-5,8-9,12-20H2,1H3;7-8,11-12,18-19,32H,4-6,9-10,13-17H2,1-3H3. The molecule has 0 radical (unpaired) electrons. The molecule has 2 aromatic rings. The molecule has 5 amide bonds. The van der Waals surface area contributed by atoms with Crippen molar-refractivity contribution in [3.05, 3.63) is 71.3 Å². The number of carbonyl (C=O) groups is 5. The highest BCUT2D eigenvalue weighted by Crippen LogP contribution is 2.42. The van der Waals surface area contributed by atoms with E-state index in [1.807, 2.05) is 53.7 Å². The molecule has 2 saturated carbocycles. The van der Waals surface area contributed by atoms with E-state index in [-0.39, 0.29) is 47.9 Å². The molecule has 2 N–H and O–H groups in total. The summed E-state index contributed by atoms with van der Waals surface area (Å²) in [6, 6.07) is 17.1. The van der Waals surface area contributed by atoms with E-state index in [4.69, 9.17) is 0 Å². The molecule has 6 aliphatic rings. The van der Waals surface area contributed by atoms with E-state index in [0.29, 0.717) is 87.3 Å². The molecule has 4 heterocycles. The fourth-order valence-electron chi connectivity index (χ4n) is 11.9. The van der Waals surface area contributed by atoms with Gasteiger partial charge in [0.2, 0.25) is 17.7 Å². The molecule has 4 atom stereocenters. The Kier molecular flexibility index (Phi) is 15.4. The van der Waals surface area contributed by atoms with Crippen molar-refractivity contribution >= 4 is 29.5 Å². The number of rotatable bonds is 12. The van der Waals surface area contributed by atoms with Crippen LogP contribution in [-0.2, 0) is 20.8 Å². The normalized spacial score (nSPS) is 26.0. The van der Waals surface area contributed by atoms with Crippen LogP contribution in [0.15, 0.2) is 54.6 Å². The lowest BCUT2D eigenvalue weighted by molar-refractivity contribution is -0.156. The minimum absolute atomic E-state index is 0.0173. The van der Waals surface area contributed by atoms with E-state index in [1.54, 1.807) is 24.3 Å². The van der Waals surface area contributed by atoms with E-state index in [2.05, 4.69) is 19.1 Å². The van der Waals surface area contributed by atoms with Crippen molar-refractivity contribution in [1.29, 1.82) is 0 Å². The van der Waals surface area contributed by atoms with Crippen LogP contribution in [-0.4, -0.2) is 116 Å². The Hall–Kier alpha value is -4.09. The Morgan fingerprint density at radius 3 is 1.69 bits per heavy atom. The van der Waals surface area contributed by atoms with E-state index < -0.39 is 16.6 Å². The summed E-state index contributed by atoms with van der Waals surface area (Å²) in [6.45, 7) is 11.1. The third-order valence-electron chi connectivity index (χ3n) is 16.1. The number of imide groups is 1. The van der Waals surface area contributed by atoms with E-state index in [0.717, 1.165) is 25.8 Å². The maximum atomic E-state index is 13.2. The molecule has 8 rings (SSSR count). The largest absolute Gasteiger partial charge is 0.388 e. The second-order valence-electron chi connectivity index (χ2n) is 21.5. The number of benzene rings is 2. The zero-order valence-corrected chi connectivity index (χ0v) is 39.3. The summed E-state index contributed by atoms with van der Waals surface area (Å²) >= 11 is 0. The van der Waals surface area contributed by atoms with Crippen LogP contribution in [0.25, 0.3) is 0 Å². The molecule has 11 nitrogen and oxygen atoms in total. The van der Waals surface area contributed by atoms with Gasteiger partial charge in [0.05, 0.1) is 28.9 Å². The summed E-state index contributed by atoms with van der Waals surface area (Å²) in [4.78, 5) is 71.3. The summed E-state index contributed by atoms with van der Waals surface area (Å²) < 4.78 is 0. The molecule has 350 valence electrons. The summed E-state index contributed by atoms with van der Waals surface area (Å²) in [6.07, 6.45) is 17.7. The van der Waals surface area contributed by atoms with Crippen molar-refractivity contribution in [2.45, 2.75) is 148 Å². The van der Waals surface area contributed by atoms with Gasteiger partial charge in [0.15, 0.2) is 0 Å². The molecule has 2 aromatic carbocycles. The highest BCUT2D eigenvalue weighted by molar-refractivity contribution is 6.21. The number of hydrogen-bond donors (Lipinski definition) is 2. The fraction of sp³-hybridized carbons (Fsp3) is 0.679. The lowest BCUT2D eigenvalue weighted by atomic mass is 9.69. The highest BCUT2D eigenvalue weighted by atomic mass is 16.3. The maximum absolute atomic E-state index is 13.2. The minimum atomic E-state index is -1.25. The third kappa shape index (κ3) is 11.3. The Morgan fingerprint density at radius 2 is 1.16 bits per heavy atom. The lowest BCUT2D eigenvalue weighted by Crippen LogP contribution is -2.63. The minimum Gasteiger partial charge on any atom is -0.388 e. The molecular formula is C53H76N4O7. The smallest absolute Gasteiger partial charge is 0.261 e. The third-order valence-corrected chi connectivity index (χ3v) is 16.1. The van der Waals surface area contributed by atoms with Crippen LogP contribution in [0.1, 0.15) is 157 Å². The predicted molar refractivity (Wildman–Crippen MR) is 248 cm³/mol. The quantitative estimate of drug-likeness (QED) is 0.207. The topological polar surface area (TPSA) is 139 Å². The fourth-order valence-corrected chi connectivity index (χ4v) is 11.9. The zero-order chi connectivity index (χ0) is 45.6. The molecule has 3 saturated heterocycles. The number of carbonyl (C=O) groups excluding carboxylic acids is 5. The van der Waals surface area contributed by atoms with E-state index in [1.165, 1.54) is 74.7 Å². The first kappa shape index (κ1) is 47.9.